The van der Waals surface area contributed by atoms with Crippen LogP contribution in [0.15, 0.2) is 36.4 Å². The van der Waals surface area contributed by atoms with Crippen molar-refractivity contribution in [3.05, 3.63) is 69.3 Å². The topological polar surface area (TPSA) is 24.9 Å². The van der Waals surface area contributed by atoms with Gasteiger partial charge in [0.15, 0.2) is 0 Å². The zero-order valence-electron chi connectivity index (χ0n) is 13.9. The largest absolute Gasteiger partial charge is 0.381 e. The molecule has 0 amide bonds. The third kappa shape index (κ3) is 3.85. The lowest BCUT2D eigenvalue weighted by molar-refractivity contribution is 0.527. The first-order chi connectivity index (χ1) is 12.0. The Bertz CT molecular complexity index is 865. The Labute approximate surface area is 148 Å². The predicted molar refractivity (Wildman–Crippen MR) is 95.3 cm³/mol. The molecule has 0 saturated heterocycles. The lowest BCUT2D eigenvalue weighted by Crippen LogP contribution is -2.05. The molecule has 2 aromatic carbocycles. The fourth-order valence-corrected chi connectivity index (χ4v) is 3.44. The van der Waals surface area contributed by atoms with Crippen molar-refractivity contribution in [2.75, 3.05) is 5.32 Å². The van der Waals surface area contributed by atoms with Crippen LogP contribution in [0.25, 0.3) is 11.3 Å². The molecular formula is C19H17F3N2S. The van der Waals surface area contributed by atoms with Crippen molar-refractivity contribution < 1.29 is 13.2 Å². The second-order valence-electron chi connectivity index (χ2n) is 5.64. The summed E-state index contributed by atoms with van der Waals surface area (Å²) in [7, 11) is 0. The zero-order chi connectivity index (χ0) is 18.0. The Kier molecular flexibility index (Phi) is 5.08. The van der Waals surface area contributed by atoms with Crippen LogP contribution in [0.1, 0.15) is 22.4 Å². The van der Waals surface area contributed by atoms with Gasteiger partial charge in [0.1, 0.15) is 17.5 Å². The van der Waals surface area contributed by atoms with E-state index in [1.807, 2.05) is 31.2 Å². The number of aryl methyl sites for hydroxylation is 2. The Morgan fingerprint density at radius 3 is 2.24 bits per heavy atom. The van der Waals surface area contributed by atoms with Crippen molar-refractivity contribution in [3.8, 4) is 11.3 Å². The Morgan fingerprint density at radius 2 is 1.68 bits per heavy atom. The van der Waals surface area contributed by atoms with Crippen LogP contribution in [0.3, 0.4) is 0 Å². The maximum atomic E-state index is 13.7. The molecule has 0 aliphatic carbocycles. The van der Waals surface area contributed by atoms with E-state index in [-0.39, 0.29) is 12.1 Å². The van der Waals surface area contributed by atoms with Gasteiger partial charge in [0.25, 0.3) is 0 Å². The monoisotopic (exact) mass is 362 g/mol. The summed E-state index contributed by atoms with van der Waals surface area (Å²) in [5, 5.41) is 4.05. The first kappa shape index (κ1) is 17.5. The van der Waals surface area contributed by atoms with Crippen molar-refractivity contribution in [1.29, 1.82) is 0 Å². The van der Waals surface area contributed by atoms with Gasteiger partial charge in [0.2, 0.25) is 0 Å². The Hall–Kier alpha value is -2.34. The molecule has 0 unspecified atom stereocenters. The van der Waals surface area contributed by atoms with Gasteiger partial charge in [-0.3, -0.25) is 0 Å². The Morgan fingerprint density at radius 1 is 1.04 bits per heavy atom. The maximum absolute atomic E-state index is 13.7. The van der Waals surface area contributed by atoms with Crippen LogP contribution in [0, 0.1) is 24.4 Å². The smallest absolute Gasteiger partial charge is 0.134 e. The van der Waals surface area contributed by atoms with E-state index in [1.54, 1.807) is 11.3 Å². The summed E-state index contributed by atoms with van der Waals surface area (Å²) in [5.41, 5.74) is 2.49. The molecule has 3 aromatic rings. The van der Waals surface area contributed by atoms with E-state index in [4.69, 9.17) is 0 Å². The van der Waals surface area contributed by atoms with Crippen LogP contribution < -0.4 is 5.32 Å². The lowest BCUT2D eigenvalue weighted by Gasteiger charge is -2.09. The van der Waals surface area contributed by atoms with Crippen molar-refractivity contribution in [1.82, 2.24) is 4.98 Å². The highest BCUT2D eigenvalue weighted by Crippen LogP contribution is 2.28. The van der Waals surface area contributed by atoms with Gasteiger partial charge in [-0.15, -0.1) is 11.3 Å². The summed E-state index contributed by atoms with van der Waals surface area (Å²) in [5.74, 6) is -2.72. The van der Waals surface area contributed by atoms with E-state index in [9.17, 15) is 13.2 Å². The molecule has 0 radical (unpaired) electrons. The van der Waals surface area contributed by atoms with Gasteiger partial charge in [-0.05, 0) is 25.5 Å². The van der Waals surface area contributed by atoms with E-state index in [0.717, 1.165) is 33.3 Å². The molecule has 1 aromatic heterocycles. The van der Waals surface area contributed by atoms with Crippen LogP contribution in [0.2, 0.25) is 0 Å². The van der Waals surface area contributed by atoms with Crippen LogP contribution >= 0.6 is 11.3 Å². The minimum Gasteiger partial charge on any atom is -0.381 e. The molecule has 1 N–H and O–H groups in total. The fourth-order valence-electron chi connectivity index (χ4n) is 2.55. The molecule has 0 atom stereocenters. The minimum absolute atomic E-state index is 0.0625. The average Bonchev–Trinajstić information content (AvgIpc) is 2.95. The molecule has 3 rings (SSSR count). The third-order valence-electron chi connectivity index (χ3n) is 3.88. The summed E-state index contributed by atoms with van der Waals surface area (Å²) in [4.78, 5) is 5.78. The molecule has 0 aliphatic heterocycles. The van der Waals surface area contributed by atoms with Gasteiger partial charge in [-0.2, -0.15) is 0 Å². The molecule has 2 nitrogen and oxygen atoms in total. The maximum Gasteiger partial charge on any atom is 0.134 e. The lowest BCUT2D eigenvalue weighted by atomic mass is 10.1. The van der Waals surface area contributed by atoms with Crippen LogP contribution in [0.5, 0.6) is 0 Å². The molecule has 0 saturated carbocycles. The Balaban J connectivity index is 1.74. The van der Waals surface area contributed by atoms with Crippen molar-refractivity contribution in [2.45, 2.75) is 26.8 Å². The van der Waals surface area contributed by atoms with E-state index in [1.165, 1.54) is 0 Å². The third-order valence-corrected chi connectivity index (χ3v) is 4.99. The average molecular weight is 362 g/mol. The van der Waals surface area contributed by atoms with Crippen molar-refractivity contribution >= 4 is 17.0 Å². The van der Waals surface area contributed by atoms with Crippen molar-refractivity contribution in [3.63, 3.8) is 0 Å². The minimum atomic E-state index is -0.923. The standard InChI is InChI=1S/C19H17F3N2S/c1-3-18-24-19(11(2)25-18)12-4-6-14(7-5-12)23-10-15-16(21)8-13(20)9-17(15)22/h4-9,23H,3,10H2,1-2H3. The number of hydrogen-bond acceptors (Lipinski definition) is 3. The van der Waals surface area contributed by atoms with E-state index in [2.05, 4.69) is 17.2 Å². The number of thiazole rings is 1. The highest BCUT2D eigenvalue weighted by atomic mass is 32.1. The highest BCUT2D eigenvalue weighted by Gasteiger charge is 2.12. The number of nitrogens with one attached hydrogen (secondary N) is 1. The molecule has 130 valence electrons. The second-order valence-corrected chi connectivity index (χ2v) is 6.93. The van der Waals surface area contributed by atoms with E-state index in [0.29, 0.717) is 12.1 Å². The number of halogens is 3. The van der Waals surface area contributed by atoms with E-state index < -0.39 is 17.5 Å². The number of aromatic nitrogens is 1. The zero-order valence-corrected chi connectivity index (χ0v) is 14.7. The predicted octanol–water partition coefficient (Wildman–Crippen LogP) is 5.71. The highest BCUT2D eigenvalue weighted by molar-refractivity contribution is 7.12. The summed E-state index contributed by atoms with van der Waals surface area (Å²) in [6.45, 7) is 4.05. The number of nitrogens with zero attached hydrogens (tertiary/aromatic N) is 1. The summed E-state index contributed by atoms with van der Waals surface area (Å²) < 4.78 is 40.2. The van der Waals surface area contributed by atoms with Crippen LogP contribution in [0.4, 0.5) is 18.9 Å². The van der Waals surface area contributed by atoms with Gasteiger partial charge in [-0.1, -0.05) is 19.1 Å². The van der Waals surface area contributed by atoms with Gasteiger partial charge in [0, 0.05) is 40.4 Å². The molecule has 0 fully saturated rings. The van der Waals surface area contributed by atoms with E-state index >= 15 is 0 Å². The molecule has 0 bridgehead atoms. The molecule has 0 spiro atoms. The number of benzene rings is 2. The molecular weight excluding hydrogens is 345 g/mol. The van der Waals surface area contributed by atoms with Crippen LogP contribution in [-0.4, -0.2) is 4.98 Å². The summed E-state index contributed by atoms with van der Waals surface area (Å²) >= 11 is 1.68. The second kappa shape index (κ2) is 7.27. The van der Waals surface area contributed by atoms with Crippen LogP contribution in [-0.2, 0) is 13.0 Å². The fraction of sp³-hybridized carbons (Fsp3) is 0.211. The first-order valence-corrected chi connectivity index (χ1v) is 8.73. The molecule has 25 heavy (non-hydrogen) atoms. The number of hydrogen-bond donors (Lipinski definition) is 1. The summed E-state index contributed by atoms with van der Waals surface area (Å²) in [6.07, 6.45) is 0.903. The summed E-state index contributed by atoms with van der Waals surface area (Å²) in [6, 6.07) is 8.86. The van der Waals surface area contributed by atoms with Gasteiger partial charge < -0.3 is 5.32 Å². The normalized spacial score (nSPS) is 10.9. The first-order valence-electron chi connectivity index (χ1n) is 7.92. The molecule has 1 heterocycles. The van der Waals surface area contributed by atoms with Crippen molar-refractivity contribution in [2.24, 2.45) is 0 Å². The quantitative estimate of drug-likeness (QED) is 0.629. The number of anilines is 1. The van der Waals surface area contributed by atoms with Gasteiger partial charge in [-0.25, -0.2) is 18.2 Å². The van der Waals surface area contributed by atoms with Gasteiger partial charge >= 0.3 is 0 Å². The SMILES string of the molecule is CCc1nc(-c2ccc(NCc3c(F)cc(F)cc3F)cc2)c(C)s1. The molecule has 0 aliphatic rings. The van der Waals surface area contributed by atoms with Gasteiger partial charge in [0.05, 0.1) is 10.7 Å². The molecule has 6 heteroatoms. The number of rotatable bonds is 5.